The summed E-state index contributed by atoms with van der Waals surface area (Å²) in [6.07, 6.45) is 0.749. The molecule has 0 amide bonds. The number of rotatable bonds is 3. The molecule has 0 aromatic heterocycles. The van der Waals surface area contributed by atoms with Crippen LogP contribution >= 0.6 is 0 Å². The largest absolute Gasteiger partial charge is 0.508 e. The first-order chi connectivity index (χ1) is 10.1. The normalized spacial score (nSPS) is 12.5. The molecule has 22 heavy (non-hydrogen) atoms. The molecule has 2 heteroatoms. The minimum Gasteiger partial charge on any atom is -0.508 e. The van der Waals surface area contributed by atoms with Crippen molar-refractivity contribution in [2.45, 2.75) is 51.9 Å². The lowest BCUT2D eigenvalue weighted by atomic mass is 9.78. The molecule has 2 aromatic carbocycles. The summed E-state index contributed by atoms with van der Waals surface area (Å²) in [6.45, 7) is 10.6. The number of aromatic hydroxyl groups is 1. The SMILES string of the molecule is CC(C)(C)c1ccc(CC(C)(C)c2ccc(O)cc2F)cc1. The third-order valence-corrected chi connectivity index (χ3v) is 4.15. The van der Waals surface area contributed by atoms with Gasteiger partial charge in [0.05, 0.1) is 0 Å². The van der Waals surface area contributed by atoms with E-state index in [0.29, 0.717) is 5.56 Å². The smallest absolute Gasteiger partial charge is 0.130 e. The number of benzene rings is 2. The van der Waals surface area contributed by atoms with E-state index in [4.69, 9.17) is 0 Å². The van der Waals surface area contributed by atoms with Crippen LogP contribution in [0.25, 0.3) is 0 Å². The van der Waals surface area contributed by atoms with Crippen molar-refractivity contribution in [2.75, 3.05) is 0 Å². The van der Waals surface area contributed by atoms with Gasteiger partial charge in [-0.25, -0.2) is 4.39 Å². The molecule has 0 atom stereocenters. The Bertz CT molecular complexity index is 648. The van der Waals surface area contributed by atoms with Crippen LogP contribution in [0.4, 0.5) is 4.39 Å². The molecule has 0 heterocycles. The van der Waals surface area contributed by atoms with Crippen molar-refractivity contribution < 1.29 is 9.50 Å². The molecule has 0 saturated carbocycles. The van der Waals surface area contributed by atoms with E-state index >= 15 is 0 Å². The zero-order valence-corrected chi connectivity index (χ0v) is 14.1. The molecule has 0 aliphatic rings. The third kappa shape index (κ3) is 3.68. The van der Waals surface area contributed by atoms with Crippen molar-refractivity contribution in [3.8, 4) is 5.75 Å². The van der Waals surface area contributed by atoms with Crippen LogP contribution in [-0.2, 0) is 17.3 Å². The molecule has 1 N–H and O–H groups in total. The molecule has 1 nitrogen and oxygen atoms in total. The van der Waals surface area contributed by atoms with Gasteiger partial charge in [-0.15, -0.1) is 0 Å². The molecule has 0 fully saturated rings. The maximum absolute atomic E-state index is 14.1. The second-order valence-electron chi connectivity index (χ2n) is 7.67. The maximum atomic E-state index is 14.1. The first kappa shape index (κ1) is 16.5. The van der Waals surface area contributed by atoms with Crippen LogP contribution in [-0.4, -0.2) is 5.11 Å². The summed E-state index contributed by atoms with van der Waals surface area (Å²) in [4.78, 5) is 0. The lowest BCUT2D eigenvalue weighted by molar-refractivity contribution is 0.453. The number of phenolic OH excluding ortho intramolecular Hbond substituents is 1. The molecular weight excluding hydrogens is 275 g/mol. The van der Waals surface area contributed by atoms with Crippen molar-refractivity contribution in [1.82, 2.24) is 0 Å². The molecule has 118 valence electrons. The van der Waals surface area contributed by atoms with E-state index in [1.807, 2.05) is 13.8 Å². The molecular formula is C20H25FO. The standard InChI is InChI=1S/C20H25FO/c1-19(2,3)15-8-6-14(7-9-15)13-20(4,5)17-11-10-16(22)12-18(17)21/h6-12,22H,13H2,1-5H3. The first-order valence-electron chi connectivity index (χ1n) is 7.68. The van der Waals surface area contributed by atoms with Gasteiger partial charge in [-0.3, -0.25) is 0 Å². The highest BCUT2D eigenvalue weighted by molar-refractivity contribution is 5.35. The molecule has 0 saturated heterocycles. The minimum absolute atomic E-state index is 0.0356. The van der Waals surface area contributed by atoms with Crippen LogP contribution in [0.15, 0.2) is 42.5 Å². The van der Waals surface area contributed by atoms with Gasteiger partial charge in [0.2, 0.25) is 0 Å². The van der Waals surface area contributed by atoms with Crippen LogP contribution in [0.2, 0.25) is 0 Å². The quantitative estimate of drug-likeness (QED) is 0.810. The van der Waals surface area contributed by atoms with Gasteiger partial charge in [-0.05, 0) is 40.0 Å². The number of hydrogen-bond acceptors (Lipinski definition) is 1. The van der Waals surface area contributed by atoms with E-state index in [9.17, 15) is 9.50 Å². The van der Waals surface area contributed by atoms with Crippen LogP contribution < -0.4 is 0 Å². The van der Waals surface area contributed by atoms with Crippen molar-refractivity contribution in [3.05, 3.63) is 65.0 Å². The van der Waals surface area contributed by atoms with Crippen molar-refractivity contribution in [2.24, 2.45) is 0 Å². The van der Waals surface area contributed by atoms with Gasteiger partial charge in [0.25, 0.3) is 0 Å². The summed E-state index contributed by atoms with van der Waals surface area (Å²) >= 11 is 0. The van der Waals surface area contributed by atoms with Crippen molar-refractivity contribution in [3.63, 3.8) is 0 Å². The second kappa shape index (κ2) is 5.75. The molecule has 0 radical (unpaired) electrons. The summed E-state index contributed by atoms with van der Waals surface area (Å²) in [5, 5.41) is 9.36. The Kier molecular flexibility index (Phi) is 4.32. The molecule has 2 rings (SSSR count). The lowest BCUT2D eigenvalue weighted by Gasteiger charge is -2.26. The Balaban J connectivity index is 2.25. The summed E-state index contributed by atoms with van der Waals surface area (Å²) in [5.41, 5.74) is 2.92. The van der Waals surface area contributed by atoms with Gasteiger partial charge in [0.1, 0.15) is 11.6 Å². The zero-order chi connectivity index (χ0) is 16.5. The second-order valence-corrected chi connectivity index (χ2v) is 7.67. The first-order valence-corrected chi connectivity index (χ1v) is 7.68. The molecule has 0 aliphatic heterocycles. The number of hydrogen-bond donors (Lipinski definition) is 1. The Labute approximate surface area is 132 Å². The van der Waals surface area contributed by atoms with Crippen LogP contribution in [0.1, 0.15) is 51.3 Å². The average Bonchev–Trinajstić information content (AvgIpc) is 2.37. The molecule has 0 bridgehead atoms. The van der Waals surface area contributed by atoms with Gasteiger partial charge in [-0.1, -0.05) is 65.0 Å². The summed E-state index contributed by atoms with van der Waals surface area (Å²) < 4.78 is 14.1. The van der Waals surface area contributed by atoms with Crippen LogP contribution in [0, 0.1) is 5.82 Å². The maximum Gasteiger partial charge on any atom is 0.130 e. The van der Waals surface area contributed by atoms with Crippen LogP contribution in [0.3, 0.4) is 0 Å². The van der Waals surface area contributed by atoms with Gasteiger partial charge in [0, 0.05) is 6.07 Å². The predicted molar refractivity (Wildman–Crippen MR) is 89.9 cm³/mol. The monoisotopic (exact) mass is 300 g/mol. The Hall–Kier alpha value is -1.83. The van der Waals surface area contributed by atoms with Gasteiger partial charge in [-0.2, -0.15) is 0 Å². The predicted octanol–water partition coefficient (Wildman–Crippen LogP) is 5.35. The van der Waals surface area contributed by atoms with E-state index in [2.05, 4.69) is 45.0 Å². The highest BCUT2D eigenvalue weighted by Crippen LogP contribution is 2.32. The molecule has 0 aliphatic carbocycles. The summed E-state index contributed by atoms with van der Waals surface area (Å²) in [6, 6.07) is 13.0. The number of phenols is 1. The van der Waals surface area contributed by atoms with Crippen LogP contribution in [0.5, 0.6) is 5.75 Å². The van der Waals surface area contributed by atoms with E-state index in [1.54, 1.807) is 12.1 Å². The summed E-state index contributed by atoms with van der Waals surface area (Å²) in [7, 11) is 0. The molecule has 0 unspecified atom stereocenters. The Morgan fingerprint density at radius 3 is 2.00 bits per heavy atom. The number of halogens is 1. The fourth-order valence-electron chi connectivity index (χ4n) is 2.78. The highest BCUT2D eigenvalue weighted by Gasteiger charge is 2.25. The van der Waals surface area contributed by atoms with Crippen molar-refractivity contribution >= 4 is 0 Å². The lowest BCUT2D eigenvalue weighted by Crippen LogP contribution is -2.22. The topological polar surface area (TPSA) is 20.2 Å². The highest BCUT2D eigenvalue weighted by atomic mass is 19.1. The average molecular weight is 300 g/mol. The van der Waals surface area contributed by atoms with Gasteiger partial charge < -0.3 is 5.11 Å². The fourth-order valence-corrected chi connectivity index (χ4v) is 2.78. The van der Waals surface area contributed by atoms with E-state index in [1.165, 1.54) is 17.2 Å². The van der Waals surface area contributed by atoms with Crippen molar-refractivity contribution in [1.29, 1.82) is 0 Å². The van der Waals surface area contributed by atoms with Gasteiger partial charge in [0.15, 0.2) is 0 Å². The minimum atomic E-state index is -0.351. The Morgan fingerprint density at radius 1 is 0.909 bits per heavy atom. The van der Waals surface area contributed by atoms with E-state index < -0.39 is 0 Å². The fraction of sp³-hybridized carbons (Fsp3) is 0.400. The van der Waals surface area contributed by atoms with Gasteiger partial charge >= 0.3 is 0 Å². The van der Waals surface area contributed by atoms with E-state index in [-0.39, 0.29) is 22.4 Å². The molecule has 0 spiro atoms. The third-order valence-electron chi connectivity index (χ3n) is 4.15. The summed E-state index contributed by atoms with van der Waals surface area (Å²) in [5.74, 6) is -0.386. The van der Waals surface area contributed by atoms with E-state index in [0.717, 1.165) is 6.42 Å². The zero-order valence-electron chi connectivity index (χ0n) is 14.1. The molecule has 2 aromatic rings. The Morgan fingerprint density at radius 2 is 1.50 bits per heavy atom.